The Morgan fingerprint density at radius 1 is 0.320 bits per heavy atom. The Kier molecular flexibility index (Phi) is 5.89. The Morgan fingerprint density at radius 2 is 0.880 bits per heavy atom. The van der Waals surface area contributed by atoms with E-state index in [-0.39, 0.29) is 0 Å². The third-order valence-corrected chi connectivity index (χ3v) is 11.6. The number of furan rings is 1. The van der Waals surface area contributed by atoms with Gasteiger partial charge in [0, 0.05) is 36.3 Å². The van der Waals surface area contributed by atoms with Gasteiger partial charge in [0.25, 0.3) is 0 Å². The van der Waals surface area contributed by atoms with Crippen molar-refractivity contribution in [1.82, 2.24) is 0 Å². The summed E-state index contributed by atoms with van der Waals surface area (Å²) >= 11 is 1.86. The topological polar surface area (TPSA) is 13.1 Å². The van der Waals surface area contributed by atoms with Crippen LogP contribution in [0.15, 0.2) is 174 Å². The van der Waals surface area contributed by atoms with Crippen LogP contribution in [0.5, 0.6) is 0 Å². The van der Waals surface area contributed by atoms with Gasteiger partial charge >= 0.3 is 0 Å². The van der Waals surface area contributed by atoms with Crippen LogP contribution in [0.2, 0.25) is 0 Å². The predicted octanol–water partition coefficient (Wildman–Crippen LogP) is 14.4. The van der Waals surface area contributed by atoms with Crippen LogP contribution in [0.3, 0.4) is 0 Å². The smallest absolute Gasteiger partial charge is 0.136 e. The molecule has 0 aliphatic heterocycles. The average molecular weight is 653 g/mol. The quantitative estimate of drug-likeness (QED) is 0.173. The van der Waals surface area contributed by atoms with Crippen LogP contribution in [-0.4, -0.2) is 0 Å². The first kappa shape index (κ1) is 27.7. The van der Waals surface area contributed by atoms with Crippen molar-refractivity contribution in [1.29, 1.82) is 0 Å². The number of fused-ring (bicyclic) bond motifs is 11. The largest absolute Gasteiger partial charge is 0.456 e. The second-order valence-corrected chi connectivity index (χ2v) is 14.3. The van der Waals surface area contributed by atoms with Gasteiger partial charge in [0.05, 0.1) is 0 Å². The van der Waals surface area contributed by atoms with E-state index in [2.05, 4.69) is 170 Å². The van der Waals surface area contributed by atoms with E-state index in [1.807, 2.05) is 11.3 Å². The molecule has 0 N–H and O–H groups in total. The lowest BCUT2D eigenvalue weighted by molar-refractivity contribution is 0.669. The third-order valence-electron chi connectivity index (χ3n) is 10.5. The predicted molar refractivity (Wildman–Crippen MR) is 215 cm³/mol. The molecule has 0 bridgehead atoms. The molecule has 50 heavy (non-hydrogen) atoms. The molecule has 0 saturated heterocycles. The highest BCUT2D eigenvalue weighted by Crippen LogP contribution is 2.46. The second kappa shape index (κ2) is 10.6. The van der Waals surface area contributed by atoms with Crippen molar-refractivity contribution in [2.45, 2.75) is 0 Å². The fourth-order valence-corrected chi connectivity index (χ4v) is 9.38. The standard InChI is InChI=1S/C48H28OS/c1-2-10-30(11-3-1)44-34-12-4-6-14-36(34)45(37-15-7-5-13-35(37)44)31-20-18-29(19-21-31)33-22-25-38-41(28-33)49-40-26-23-32-24-27-43-48(46(32)47(38)40)39-16-8-9-17-42(39)50-43/h1-28H. The Hall–Kier alpha value is -6.22. The van der Waals surface area contributed by atoms with E-state index >= 15 is 0 Å². The van der Waals surface area contributed by atoms with Gasteiger partial charge in [-0.05, 0) is 90.6 Å². The summed E-state index contributed by atoms with van der Waals surface area (Å²) in [6.45, 7) is 0. The first-order valence-electron chi connectivity index (χ1n) is 17.1. The molecule has 2 heterocycles. The van der Waals surface area contributed by atoms with E-state index in [1.54, 1.807) is 0 Å². The molecule has 0 unspecified atom stereocenters. The highest BCUT2D eigenvalue weighted by molar-refractivity contribution is 7.26. The molecule has 0 fully saturated rings. The van der Waals surface area contributed by atoms with Crippen molar-refractivity contribution in [3.05, 3.63) is 170 Å². The van der Waals surface area contributed by atoms with Gasteiger partial charge in [0.1, 0.15) is 11.2 Å². The van der Waals surface area contributed by atoms with Crippen LogP contribution in [0, 0.1) is 0 Å². The van der Waals surface area contributed by atoms with E-state index in [1.165, 1.54) is 85.7 Å². The molecule has 232 valence electrons. The maximum atomic E-state index is 6.60. The molecule has 0 amide bonds. The number of hydrogen-bond acceptors (Lipinski definition) is 2. The molecular weight excluding hydrogens is 625 g/mol. The van der Waals surface area contributed by atoms with Crippen LogP contribution in [0.4, 0.5) is 0 Å². The fourth-order valence-electron chi connectivity index (χ4n) is 8.26. The molecule has 9 aromatic carbocycles. The van der Waals surface area contributed by atoms with E-state index in [0.29, 0.717) is 0 Å². The number of benzene rings is 9. The molecule has 11 rings (SSSR count). The summed E-state index contributed by atoms with van der Waals surface area (Å²) in [5, 5.41) is 12.6. The lowest BCUT2D eigenvalue weighted by Crippen LogP contribution is -1.90. The summed E-state index contributed by atoms with van der Waals surface area (Å²) < 4.78 is 9.23. The Balaban J connectivity index is 1.07. The summed E-state index contributed by atoms with van der Waals surface area (Å²) in [7, 11) is 0. The van der Waals surface area contributed by atoms with Gasteiger partial charge in [-0.1, -0.05) is 140 Å². The highest BCUT2D eigenvalue weighted by Gasteiger charge is 2.18. The van der Waals surface area contributed by atoms with Gasteiger partial charge in [-0.15, -0.1) is 11.3 Å². The second-order valence-electron chi connectivity index (χ2n) is 13.2. The third kappa shape index (κ3) is 4.00. The summed E-state index contributed by atoms with van der Waals surface area (Å²) in [5.41, 5.74) is 9.17. The lowest BCUT2D eigenvalue weighted by Gasteiger charge is -2.18. The van der Waals surface area contributed by atoms with Crippen LogP contribution in [0.25, 0.3) is 108 Å². The average Bonchev–Trinajstić information content (AvgIpc) is 3.75. The molecule has 11 aromatic rings. The molecule has 0 radical (unpaired) electrons. The van der Waals surface area contributed by atoms with Gasteiger partial charge in [0.2, 0.25) is 0 Å². The molecule has 0 atom stereocenters. The summed E-state index contributed by atoms with van der Waals surface area (Å²) in [6.07, 6.45) is 0. The lowest BCUT2D eigenvalue weighted by atomic mass is 9.86. The van der Waals surface area contributed by atoms with Crippen molar-refractivity contribution >= 4 is 85.8 Å². The zero-order valence-electron chi connectivity index (χ0n) is 27.0. The van der Waals surface area contributed by atoms with Gasteiger partial charge in [-0.2, -0.15) is 0 Å². The van der Waals surface area contributed by atoms with Crippen LogP contribution < -0.4 is 0 Å². The maximum absolute atomic E-state index is 6.60. The number of rotatable bonds is 3. The summed E-state index contributed by atoms with van der Waals surface area (Å²) in [5.74, 6) is 0. The molecule has 2 aromatic heterocycles. The Morgan fingerprint density at radius 3 is 1.58 bits per heavy atom. The van der Waals surface area contributed by atoms with Crippen molar-refractivity contribution < 1.29 is 4.42 Å². The van der Waals surface area contributed by atoms with Crippen molar-refractivity contribution in [2.75, 3.05) is 0 Å². The molecule has 1 nitrogen and oxygen atoms in total. The molecule has 0 aliphatic rings. The minimum Gasteiger partial charge on any atom is -0.456 e. The molecule has 0 spiro atoms. The van der Waals surface area contributed by atoms with Crippen LogP contribution in [-0.2, 0) is 0 Å². The van der Waals surface area contributed by atoms with E-state index in [0.717, 1.165) is 22.1 Å². The fraction of sp³-hybridized carbons (Fsp3) is 0. The van der Waals surface area contributed by atoms with Gasteiger partial charge in [-0.3, -0.25) is 0 Å². The molecular formula is C48H28OS. The first-order chi connectivity index (χ1) is 24.8. The Labute approximate surface area is 292 Å². The van der Waals surface area contributed by atoms with Crippen LogP contribution in [0.1, 0.15) is 0 Å². The van der Waals surface area contributed by atoms with E-state index in [9.17, 15) is 0 Å². The molecule has 0 aliphatic carbocycles. The van der Waals surface area contributed by atoms with Crippen molar-refractivity contribution in [3.8, 4) is 33.4 Å². The normalized spacial score (nSPS) is 12.0. The highest BCUT2D eigenvalue weighted by atomic mass is 32.1. The zero-order chi connectivity index (χ0) is 32.8. The van der Waals surface area contributed by atoms with Gasteiger partial charge < -0.3 is 4.42 Å². The minimum atomic E-state index is 0.916. The Bertz CT molecular complexity index is 3070. The maximum Gasteiger partial charge on any atom is 0.136 e. The first-order valence-corrected chi connectivity index (χ1v) is 17.9. The SMILES string of the molecule is c1ccc(-c2c3ccccc3c(-c3ccc(-c4ccc5c(c4)oc4ccc6ccc7sc8ccccc8c7c6c45)cc3)c3ccccc23)cc1. The van der Waals surface area contributed by atoms with Crippen molar-refractivity contribution in [2.24, 2.45) is 0 Å². The van der Waals surface area contributed by atoms with Crippen LogP contribution >= 0.6 is 11.3 Å². The van der Waals surface area contributed by atoms with E-state index < -0.39 is 0 Å². The zero-order valence-corrected chi connectivity index (χ0v) is 27.8. The van der Waals surface area contributed by atoms with Gasteiger partial charge in [0.15, 0.2) is 0 Å². The van der Waals surface area contributed by atoms with Crippen molar-refractivity contribution in [3.63, 3.8) is 0 Å². The summed E-state index contributed by atoms with van der Waals surface area (Å²) in [4.78, 5) is 0. The molecule has 2 heteroatoms. The summed E-state index contributed by atoms with van der Waals surface area (Å²) in [6, 6.07) is 61.8. The van der Waals surface area contributed by atoms with Gasteiger partial charge in [-0.25, -0.2) is 0 Å². The molecule has 0 saturated carbocycles. The van der Waals surface area contributed by atoms with E-state index in [4.69, 9.17) is 4.42 Å². The number of thiophene rings is 1. The monoisotopic (exact) mass is 652 g/mol. The minimum absolute atomic E-state index is 0.916. The number of hydrogen-bond donors (Lipinski definition) is 0.